The lowest BCUT2D eigenvalue weighted by Gasteiger charge is -2.08. The van der Waals surface area contributed by atoms with Crippen LogP contribution in [0, 0.1) is 13.8 Å². The van der Waals surface area contributed by atoms with Gasteiger partial charge in [0.25, 0.3) is 0 Å². The van der Waals surface area contributed by atoms with E-state index in [1.807, 2.05) is 31.2 Å². The van der Waals surface area contributed by atoms with E-state index in [0.717, 1.165) is 11.1 Å². The number of nitrogen functional groups attached to an aromatic ring is 1. The molecule has 0 atom stereocenters. The quantitative estimate of drug-likeness (QED) is 0.866. The highest BCUT2D eigenvalue weighted by molar-refractivity contribution is 7.89. The Morgan fingerprint density at radius 2 is 1.95 bits per heavy atom. The van der Waals surface area contributed by atoms with Crippen molar-refractivity contribution in [1.82, 2.24) is 14.5 Å². The number of hydrogen-bond donors (Lipinski definition) is 2. The van der Waals surface area contributed by atoms with Gasteiger partial charge in [-0.25, -0.2) is 13.1 Å². The average Bonchev–Trinajstić information content (AvgIpc) is 2.66. The third kappa shape index (κ3) is 3.25. The lowest BCUT2D eigenvalue weighted by molar-refractivity contribution is 0.580. The molecule has 3 N–H and O–H groups in total. The molecule has 7 heteroatoms. The van der Waals surface area contributed by atoms with Crippen molar-refractivity contribution >= 4 is 15.8 Å². The minimum absolute atomic E-state index is 0.0263. The highest BCUT2D eigenvalue weighted by atomic mass is 32.2. The highest BCUT2D eigenvalue weighted by Crippen LogP contribution is 2.20. The van der Waals surface area contributed by atoms with Crippen molar-refractivity contribution < 1.29 is 8.42 Å². The van der Waals surface area contributed by atoms with Gasteiger partial charge in [0.05, 0.1) is 5.69 Å². The Kier molecular flexibility index (Phi) is 4.34. The summed E-state index contributed by atoms with van der Waals surface area (Å²) in [6.45, 7) is 4.01. The van der Waals surface area contributed by atoms with Crippen molar-refractivity contribution in [3.05, 3.63) is 41.1 Å². The topological polar surface area (TPSA) is 90.0 Å². The number of nitrogens with one attached hydrogen (secondary N) is 1. The van der Waals surface area contributed by atoms with Crippen molar-refractivity contribution in [2.45, 2.75) is 25.2 Å². The number of nitrogens with two attached hydrogens (primary N) is 1. The Balaban J connectivity index is 2.11. The molecule has 0 radical (unpaired) electrons. The van der Waals surface area contributed by atoms with Crippen LogP contribution in [-0.2, 0) is 23.5 Å². The number of nitrogens with zero attached hydrogens (tertiary/aromatic N) is 2. The maximum atomic E-state index is 12.3. The van der Waals surface area contributed by atoms with E-state index < -0.39 is 10.0 Å². The van der Waals surface area contributed by atoms with Crippen molar-refractivity contribution in [3.8, 4) is 0 Å². The molecule has 0 spiro atoms. The van der Waals surface area contributed by atoms with E-state index in [1.165, 1.54) is 4.68 Å². The predicted octanol–water partition coefficient (Wildman–Crippen LogP) is 1.14. The molecular weight excluding hydrogens is 288 g/mol. The zero-order valence-electron chi connectivity index (χ0n) is 12.4. The highest BCUT2D eigenvalue weighted by Gasteiger charge is 2.24. The zero-order valence-corrected chi connectivity index (χ0v) is 13.2. The third-order valence-electron chi connectivity index (χ3n) is 3.52. The monoisotopic (exact) mass is 308 g/mol. The van der Waals surface area contributed by atoms with Crippen LogP contribution in [0.1, 0.15) is 16.8 Å². The second kappa shape index (κ2) is 5.87. The van der Waals surface area contributed by atoms with Gasteiger partial charge in [0, 0.05) is 13.6 Å². The molecule has 2 aromatic rings. The SMILES string of the molecule is Cc1ccccc1CCNS(=O)(=O)c1c(N)nn(C)c1C. The number of anilines is 1. The summed E-state index contributed by atoms with van der Waals surface area (Å²) in [5, 5.41) is 3.93. The van der Waals surface area contributed by atoms with Gasteiger partial charge >= 0.3 is 0 Å². The molecule has 6 nitrogen and oxygen atoms in total. The van der Waals surface area contributed by atoms with Crippen molar-refractivity contribution in [1.29, 1.82) is 0 Å². The fourth-order valence-corrected chi connectivity index (χ4v) is 3.58. The normalized spacial score (nSPS) is 11.8. The van der Waals surface area contributed by atoms with Gasteiger partial charge in [0.15, 0.2) is 5.82 Å². The lowest BCUT2D eigenvalue weighted by atomic mass is 10.1. The van der Waals surface area contributed by atoms with Crippen molar-refractivity contribution in [3.63, 3.8) is 0 Å². The molecule has 1 aromatic heterocycles. The van der Waals surface area contributed by atoms with Gasteiger partial charge in [0.2, 0.25) is 10.0 Å². The summed E-state index contributed by atoms with van der Waals surface area (Å²) in [4.78, 5) is 0.0646. The minimum atomic E-state index is -3.64. The summed E-state index contributed by atoms with van der Waals surface area (Å²) in [5.74, 6) is 0.0263. The van der Waals surface area contributed by atoms with Crippen LogP contribution >= 0.6 is 0 Å². The molecule has 114 valence electrons. The molecular formula is C14H20N4O2S. The third-order valence-corrected chi connectivity index (χ3v) is 5.15. The average molecular weight is 308 g/mol. The second-order valence-electron chi connectivity index (χ2n) is 5.00. The summed E-state index contributed by atoms with van der Waals surface area (Å²) in [5.41, 5.74) is 8.48. The Morgan fingerprint density at radius 1 is 1.29 bits per heavy atom. The van der Waals surface area contributed by atoms with Crippen LogP contribution in [0.5, 0.6) is 0 Å². The molecule has 2 rings (SSSR count). The van der Waals surface area contributed by atoms with Gasteiger partial charge in [-0.2, -0.15) is 5.10 Å². The maximum Gasteiger partial charge on any atom is 0.246 e. The summed E-state index contributed by atoms with van der Waals surface area (Å²) >= 11 is 0. The minimum Gasteiger partial charge on any atom is -0.381 e. The van der Waals surface area contributed by atoms with Crippen LogP contribution in [-0.4, -0.2) is 24.7 Å². The van der Waals surface area contributed by atoms with Crippen molar-refractivity contribution in [2.75, 3.05) is 12.3 Å². The molecule has 0 aliphatic carbocycles. The first-order chi connectivity index (χ1) is 9.83. The second-order valence-corrected chi connectivity index (χ2v) is 6.70. The van der Waals surface area contributed by atoms with Gasteiger partial charge in [-0.05, 0) is 31.4 Å². The number of hydrogen-bond acceptors (Lipinski definition) is 4. The van der Waals surface area contributed by atoms with E-state index in [2.05, 4.69) is 9.82 Å². The Bertz CT molecular complexity index is 750. The summed E-state index contributed by atoms with van der Waals surface area (Å²) < 4.78 is 28.7. The molecule has 0 saturated carbocycles. The zero-order chi connectivity index (χ0) is 15.6. The smallest absolute Gasteiger partial charge is 0.246 e. The number of sulfonamides is 1. The number of benzene rings is 1. The Hall–Kier alpha value is -1.86. The van der Waals surface area contributed by atoms with E-state index in [1.54, 1.807) is 14.0 Å². The van der Waals surface area contributed by atoms with E-state index in [4.69, 9.17) is 5.73 Å². The molecule has 0 aliphatic rings. The number of aromatic nitrogens is 2. The molecule has 0 saturated heterocycles. The summed E-state index contributed by atoms with van der Waals surface area (Å²) in [7, 11) is -1.98. The Morgan fingerprint density at radius 3 is 2.52 bits per heavy atom. The summed E-state index contributed by atoms with van der Waals surface area (Å²) in [6.07, 6.45) is 0.630. The molecule has 1 aromatic carbocycles. The molecule has 0 aliphatic heterocycles. The van der Waals surface area contributed by atoms with Gasteiger partial charge in [-0.3, -0.25) is 4.68 Å². The molecule has 0 amide bonds. The van der Waals surface area contributed by atoms with E-state index in [0.29, 0.717) is 18.7 Å². The van der Waals surface area contributed by atoms with Crippen LogP contribution in [0.3, 0.4) is 0 Å². The lowest BCUT2D eigenvalue weighted by Crippen LogP contribution is -2.27. The first-order valence-corrected chi connectivity index (χ1v) is 8.14. The Labute approximate surface area is 125 Å². The summed E-state index contributed by atoms with van der Waals surface area (Å²) in [6, 6.07) is 7.91. The van der Waals surface area contributed by atoms with Crippen LogP contribution < -0.4 is 10.5 Å². The number of rotatable bonds is 5. The van der Waals surface area contributed by atoms with E-state index in [-0.39, 0.29) is 10.7 Å². The fourth-order valence-electron chi connectivity index (χ4n) is 2.23. The van der Waals surface area contributed by atoms with Crippen LogP contribution in [0.15, 0.2) is 29.2 Å². The van der Waals surface area contributed by atoms with E-state index in [9.17, 15) is 8.42 Å². The molecule has 0 bridgehead atoms. The van der Waals surface area contributed by atoms with Crippen molar-refractivity contribution in [2.24, 2.45) is 7.05 Å². The van der Waals surface area contributed by atoms with Crippen LogP contribution in [0.25, 0.3) is 0 Å². The molecule has 0 unspecified atom stereocenters. The van der Waals surface area contributed by atoms with Gasteiger partial charge in [-0.15, -0.1) is 0 Å². The first-order valence-electron chi connectivity index (χ1n) is 6.66. The number of aryl methyl sites for hydroxylation is 2. The van der Waals surface area contributed by atoms with Gasteiger partial charge in [0.1, 0.15) is 4.90 Å². The van der Waals surface area contributed by atoms with Crippen LogP contribution in [0.4, 0.5) is 5.82 Å². The largest absolute Gasteiger partial charge is 0.381 e. The van der Waals surface area contributed by atoms with E-state index >= 15 is 0 Å². The standard InChI is InChI=1S/C14H20N4O2S/c1-10-6-4-5-7-12(10)8-9-16-21(19,20)13-11(2)18(3)17-14(13)15/h4-7,16H,8-9H2,1-3H3,(H2,15,17). The predicted molar refractivity (Wildman–Crippen MR) is 82.4 cm³/mol. The molecule has 21 heavy (non-hydrogen) atoms. The first kappa shape index (κ1) is 15.5. The van der Waals surface area contributed by atoms with Crippen LogP contribution in [0.2, 0.25) is 0 Å². The van der Waals surface area contributed by atoms with Gasteiger partial charge < -0.3 is 5.73 Å². The fraction of sp³-hybridized carbons (Fsp3) is 0.357. The van der Waals surface area contributed by atoms with Gasteiger partial charge in [-0.1, -0.05) is 24.3 Å². The molecule has 0 fully saturated rings. The molecule has 1 heterocycles. The maximum absolute atomic E-state index is 12.3.